The molecule has 0 spiro atoms. The predicted molar refractivity (Wildman–Crippen MR) is 64.5 cm³/mol. The van der Waals surface area contributed by atoms with Crippen molar-refractivity contribution in [2.45, 2.75) is 27.2 Å². The number of benzene rings is 1. The average molecular weight is 238 g/mol. The molecule has 0 bridgehead atoms. The van der Waals surface area contributed by atoms with E-state index in [9.17, 15) is 15.0 Å². The van der Waals surface area contributed by atoms with Crippen LogP contribution in [0.2, 0.25) is 0 Å². The molecule has 0 saturated carbocycles. The number of carbonyl (C=O) groups excluding carboxylic acids is 1. The summed E-state index contributed by atoms with van der Waals surface area (Å²) in [6.45, 7) is 5.82. The molecule has 0 fully saturated rings. The number of phenols is 2. The second-order valence-electron chi connectivity index (χ2n) is 4.17. The molecule has 0 aliphatic rings. The summed E-state index contributed by atoms with van der Waals surface area (Å²) in [5.41, 5.74) is 0.434. The van der Waals surface area contributed by atoms with Crippen molar-refractivity contribution in [3.63, 3.8) is 0 Å². The first-order valence-electron chi connectivity index (χ1n) is 5.66. The monoisotopic (exact) mass is 238 g/mol. The molecule has 0 aromatic heterocycles. The van der Waals surface area contributed by atoms with Crippen molar-refractivity contribution in [3.05, 3.63) is 17.7 Å². The first kappa shape index (κ1) is 13.4. The number of rotatable bonds is 5. The van der Waals surface area contributed by atoms with E-state index in [0.717, 1.165) is 0 Å². The van der Waals surface area contributed by atoms with Gasteiger partial charge in [0.15, 0.2) is 0 Å². The molecular weight excluding hydrogens is 220 g/mol. The highest BCUT2D eigenvalue weighted by Crippen LogP contribution is 2.33. The summed E-state index contributed by atoms with van der Waals surface area (Å²) in [6, 6.07) is 2.62. The number of hydrogen-bond donors (Lipinski definition) is 2. The highest BCUT2D eigenvalue weighted by Gasteiger charge is 2.17. The number of phenolic OH excluding ortho intramolecular Hbond substituents is 2. The fourth-order valence-electron chi connectivity index (χ4n) is 1.46. The second-order valence-corrected chi connectivity index (χ2v) is 4.17. The van der Waals surface area contributed by atoms with Gasteiger partial charge in [-0.1, -0.05) is 13.8 Å². The van der Waals surface area contributed by atoms with Gasteiger partial charge in [-0.15, -0.1) is 0 Å². The summed E-state index contributed by atoms with van der Waals surface area (Å²) in [4.78, 5) is 11.7. The van der Waals surface area contributed by atoms with Gasteiger partial charge in [-0.25, -0.2) is 0 Å². The standard InChI is InChI=1S/C13H18O4/c1-4-17-13-6-9(14)5-12(16)10(13)7-11(15)8(2)3/h5-6,8,14,16H,4,7H2,1-3H3. The van der Waals surface area contributed by atoms with Crippen LogP contribution < -0.4 is 4.74 Å². The SMILES string of the molecule is CCOc1cc(O)cc(O)c1CC(=O)C(C)C. The third kappa shape index (κ3) is 3.37. The van der Waals surface area contributed by atoms with Crippen molar-refractivity contribution in [1.29, 1.82) is 0 Å². The number of ether oxygens (including phenoxy) is 1. The zero-order valence-corrected chi connectivity index (χ0v) is 10.4. The van der Waals surface area contributed by atoms with Crippen LogP contribution in [0.5, 0.6) is 17.2 Å². The largest absolute Gasteiger partial charge is 0.508 e. The van der Waals surface area contributed by atoms with Crippen molar-refractivity contribution in [2.24, 2.45) is 5.92 Å². The van der Waals surface area contributed by atoms with Gasteiger partial charge >= 0.3 is 0 Å². The van der Waals surface area contributed by atoms with Crippen LogP contribution in [0.1, 0.15) is 26.3 Å². The van der Waals surface area contributed by atoms with Gasteiger partial charge in [-0.05, 0) is 6.92 Å². The maximum absolute atomic E-state index is 11.7. The van der Waals surface area contributed by atoms with Gasteiger partial charge in [-0.2, -0.15) is 0 Å². The normalized spacial score (nSPS) is 10.6. The lowest BCUT2D eigenvalue weighted by molar-refractivity contribution is -0.121. The molecule has 0 unspecified atom stereocenters. The van der Waals surface area contributed by atoms with Gasteiger partial charge in [0.25, 0.3) is 0 Å². The van der Waals surface area contributed by atoms with Crippen molar-refractivity contribution in [3.8, 4) is 17.2 Å². The summed E-state index contributed by atoms with van der Waals surface area (Å²) in [5.74, 6) is 0.0952. The minimum atomic E-state index is -0.109. The second kappa shape index (κ2) is 5.57. The summed E-state index contributed by atoms with van der Waals surface area (Å²) >= 11 is 0. The predicted octanol–water partition coefficient (Wildman–Crippen LogP) is 2.26. The first-order chi connectivity index (χ1) is 7.95. The molecule has 1 aromatic rings. The number of hydrogen-bond acceptors (Lipinski definition) is 4. The zero-order valence-electron chi connectivity index (χ0n) is 10.4. The molecule has 94 valence electrons. The molecule has 0 heterocycles. The van der Waals surface area contributed by atoms with E-state index in [2.05, 4.69) is 0 Å². The van der Waals surface area contributed by atoms with Gasteiger partial charge in [-0.3, -0.25) is 4.79 Å². The maximum Gasteiger partial charge on any atom is 0.140 e. The van der Waals surface area contributed by atoms with Crippen LogP contribution in [0.25, 0.3) is 0 Å². The van der Waals surface area contributed by atoms with Gasteiger partial charge in [0.05, 0.1) is 6.61 Å². The van der Waals surface area contributed by atoms with Crippen LogP contribution >= 0.6 is 0 Å². The average Bonchev–Trinajstić information content (AvgIpc) is 2.23. The van der Waals surface area contributed by atoms with Crippen LogP contribution in [0, 0.1) is 5.92 Å². The Morgan fingerprint density at radius 1 is 1.35 bits per heavy atom. The van der Waals surface area contributed by atoms with E-state index in [4.69, 9.17) is 4.74 Å². The van der Waals surface area contributed by atoms with Crippen LogP contribution in [-0.4, -0.2) is 22.6 Å². The molecule has 4 heteroatoms. The minimum absolute atomic E-state index is 0.0203. The lowest BCUT2D eigenvalue weighted by Crippen LogP contribution is -2.11. The molecule has 1 aromatic carbocycles. The third-order valence-corrected chi connectivity index (χ3v) is 2.46. The minimum Gasteiger partial charge on any atom is -0.508 e. The van der Waals surface area contributed by atoms with E-state index in [1.807, 2.05) is 0 Å². The third-order valence-electron chi connectivity index (χ3n) is 2.46. The van der Waals surface area contributed by atoms with Crippen LogP contribution in [-0.2, 0) is 11.2 Å². The van der Waals surface area contributed by atoms with Crippen molar-refractivity contribution >= 4 is 5.78 Å². The van der Waals surface area contributed by atoms with E-state index in [1.54, 1.807) is 20.8 Å². The molecule has 0 aliphatic carbocycles. The fraction of sp³-hybridized carbons (Fsp3) is 0.462. The fourth-order valence-corrected chi connectivity index (χ4v) is 1.46. The van der Waals surface area contributed by atoms with E-state index < -0.39 is 0 Å². The Kier molecular flexibility index (Phi) is 4.37. The van der Waals surface area contributed by atoms with E-state index in [0.29, 0.717) is 17.9 Å². The van der Waals surface area contributed by atoms with Crippen molar-refractivity contribution in [1.82, 2.24) is 0 Å². The maximum atomic E-state index is 11.7. The lowest BCUT2D eigenvalue weighted by Gasteiger charge is -2.13. The van der Waals surface area contributed by atoms with Crippen LogP contribution in [0.4, 0.5) is 0 Å². The molecule has 2 N–H and O–H groups in total. The Morgan fingerprint density at radius 2 is 2.00 bits per heavy atom. The quantitative estimate of drug-likeness (QED) is 0.825. The summed E-state index contributed by atoms with van der Waals surface area (Å²) in [6.07, 6.45) is 0.110. The highest BCUT2D eigenvalue weighted by molar-refractivity contribution is 5.84. The first-order valence-corrected chi connectivity index (χ1v) is 5.66. The molecule has 1 rings (SSSR count). The van der Waals surface area contributed by atoms with Crippen molar-refractivity contribution < 1.29 is 19.7 Å². The van der Waals surface area contributed by atoms with E-state index in [-0.39, 0.29) is 29.6 Å². The molecule has 0 atom stereocenters. The number of Topliss-reactive ketones (excluding diaryl/α,β-unsaturated/α-hetero) is 1. The molecule has 0 saturated heterocycles. The molecule has 17 heavy (non-hydrogen) atoms. The Labute approximate surface area is 101 Å². The molecule has 0 radical (unpaired) electrons. The molecule has 4 nitrogen and oxygen atoms in total. The number of aromatic hydroxyl groups is 2. The van der Waals surface area contributed by atoms with Gasteiger partial charge < -0.3 is 14.9 Å². The molecular formula is C13H18O4. The van der Waals surface area contributed by atoms with Crippen LogP contribution in [0.3, 0.4) is 0 Å². The molecule has 0 amide bonds. The van der Waals surface area contributed by atoms with Crippen molar-refractivity contribution in [2.75, 3.05) is 6.61 Å². The van der Waals surface area contributed by atoms with Gasteiger partial charge in [0, 0.05) is 30.0 Å². The van der Waals surface area contributed by atoms with Gasteiger partial charge in [0.1, 0.15) is 23.0 Å². The Hall–Kier alpha value is -1.71. The van der Waals surface area contributed by atoms with E-state index >= 15 is 0 Å². The lowest BCUT2D eigenvalue weighted by atomic mass is 9.99. The Morgan fingerprint density at radius 3 is 2.53 bits per heavy atom. The summed E-state index contributed by atoms with van der Waals surface area (Å²) in [5, 5.41) is 19.1. The highest BCUT2D eigenvalue weighted by atomic mass is 16.5. The van der Waals surface area contributed by atoms with Crippen LogP contribution in [0.15, 0.2) is 12.1 Å². The Balaban J connectivity index is 3.07. The Bertz CT molecular complexity index is 410. The smallest absolute Gasteiger partial charge is 0.140 e. The zero-order chi connectivity index (χ0) is 13.0. The van der Waals surface area contributed by atoms with Gasteiger partial charge in [0.2, 0.25) is 0 Å². The topological polar surface area (TPSA) is 66.8 Å². The molecule has 0 aliphatic heterocycles. The summed E-state index contributed by atoms with van der Waals surface area (Å²) < 4.78 is 5.31. The number of carbonyl (C=O) groups is 1. The number of ketones is 1. The summed E-state index contributed by atoms with van der Waals surface area (Å²) in [7, 11) is 0. The van der Waals surface area contributed by atoms with E-state index in [1.165, 1.54) is 12.1 Å².